The Hall–Kier alpha value is -7.63. The predicted molar refractivity (Wildman–Crippen MR) is 217 cm³/mol. The Labute approximate surface area is 357 Å². The second-order valence-corrected chi connectivity index (χ2v) is 14.7. The number of halogens is 12. The van der Waals surface area contributed by atoms with Gasteiger partial charge in [-0.3, -0.25) is 0 Å². The van der Waals surface area contributed by atoms with Crippen LogP contribution in [0.5, 0.6) is 5.88 Å². The average Bonchev–Trinajstić information content (AvgIpc) is 4.08. The van der Waals surface area contributed by atoms with Gasteiger partial charge in [0.05, 0.1) is 44.7 Å². The predicted octanol–water partition coefficient (Wildman–Crippen LogP) is 14.4. The third kappa shape index (κ3) is 8.11. The van der Waals surface area contributed by atoms with Crippen LogP contribution in [0.15, 0.2) is 121 Å². The summed E-state index contributed by atoms with van der Waals surface area (Å²) >= 11 is 0. The molecule has 2 aliphatic heterocycles. The molecule has 6 nitrogen and oxygen atoms in total. The molecule has 2 aliphatic rings. The number of carbonyl (C=O) groups excluding carboxylic acids is 1. The lowest BCUT2D eigenvalue weighted by molar-refractivity contribution is -0.138. The fourth-order valence-electron chi connectivity index (χ4n) is 7.59. The van der Waals surface area contributed by atoms with Crippen LogP contribution in [0.4, 0.5) is 52.7 Å². The average molecular weight is 905 g/mol. The number of benzene rings is 4. The largest absolute Gasteiger partial charge is 0.416 e. The highest BCUT2D eigenvalue weighted by molar-refractivity contribution is 6.05. The van der Waals surface area contributed by atoms with E-state index >= 15 is 0 Å². The van der Waals surface area contributed by atoms with Crippen LogP contribution in [0.3, 0.4) is 0 Å². The lowest BCUT2D eigenvalue weighted by Gasteiger charge is -2.10. The number of aromatic amines is 2. The number of rotatable bonds is 4. The molecule has 0 saturated carbocycles. The maximum absolute atomic E-state index is 14.0. The van der Waals surface area contributed by atoms with Crippen LogP contribution in [0.2, 0.25) is 0 Å². The highest BCUT2D eigenvalue weighted by atomic mass is 19.4. The number of alkyl halides is 12. The number of fused-ring (bicyclic) bond motifs is 8. The topological polar surface area (TPSA) is 83.7 Å². The molecule has 0 amide bonds. The van der Waals surface area contributed by atoms with Crippen molar-refractivity contribution in [3.8, 4) is 50.4 Å². The number of hydrogen-bond acceptors (Lipinski definition) is 4. The molecule has 8 bridgehead atoms. The fraction of sp³-hybridized carbons (Fsp3) is 0.0851. The molecule has 18 heteroatoms. The van der Waals surface area contributed by atoms with Gasteiger partial charge in [-0.25, -0.2) is 14.8 Å². The molecule has 0 fully saturated rings. The Bertz CT molecular complexity index is 3210. The van der Waals surface area contributed by atoms with Gasteiger partial charge in [-0.2, -0.15) is 52.7 Å². The van der Waals surface area contributed by atoms with E-state index in [4.69, 9.17) is 9.72 Å². The summed E-state index contributed by atoms with van der Waals surface area (Å²) < 4.78 is 170. The molecule has 7 aromatic rings. The van der Waals surface area contributed by atoms with Crippen LogP contribution in [0.25, 0.3) is 78.7 Å². The number of ether oxygens (including phenoxy) is 1. The Balaban J connectivity index is 1.43. The molecule has 0 saturated heterocycles. The number of nitrogens with zero attached hydrogens (tertiary/aromatic N) is 2. The first-order valence-corrected chi connectivity index (χ1v) is 19.0. The van der Waals surface area contributed by atoms with E-state index in [1.165, 1.54) is 60.7 Å². The standard InChI is InChI=1S/C47H24F12N4O2/c48-44(49,50)27-9-1-23(2-10-27)37-31-17-18-32(60-31)38(24-3-11-28(12-4-24)45(51,52)53)34-20-22-36(62-34)40(26-7-15-30(16-8-26)47(57,58)59)42-63-41(43(64)65-42)39(35-21-19-33(37)61-35)25-5-13-29(14-6-25)46(54,55)56/h1-22,61-62H. The first kappa shape index (κ1) is 42.7. The molecular weight excluding hydrogens is 881 g/mol. The summed E-state index contributed by atoms with van der Waals surface area (Å²) in [6.07, 6.45) is -15.8. The fourth-order valence-corrected chi connectivity index (χ4v) is 7.59. The van der Waals surface area contributed by atoms with Gasteiger partial charge in [0, 0.05) is 33.2 Å². The number of H-pyrrole nitrogens is 2. The van der Waals surface area contributed by atoms with Crippen molar-refractivity contribution in [3.05, 3.63) is 161 Å². The van der Waals surface area contributed by atoms with Crippen molar-refractivity contribution in [1.82, 2.24) is 19.9 Å². The van der Waals surface area contributed by atoms with E-state index in [9.17, 15) is 57.5 Å². The molecule has 0 aliphatic carbocycles. The normalized spacial score (nSPS) is 13.3. The van der Waals surface area contributed by atoms with Crippen molar-refractivity contribution in [1.29, 1.82) is 0 Å². The molecule has 5 heterocycles. The van der Waals surface area contributed by atoms with E-state index in [0.29, 0.717) is 0 Å². The minimum absolute atomic E-state index is 0.0308. The SMILES string of the molecule is O=C1Oc2nc1c(-c1ccc(C(F)(F)F)cc1)c1ccc([nH]1)c(-c1ccc(C(F)(F)F)cc1)c1nc(c(-c3ccc(C(F)(F)F)cc3)c3ccc([nH]3)c2-c2ccc(C(F)(F)F)cc2)C=C1. The van der Waals surface area contributed by atoms with Gasteiger partial charge in [0.1, 0.15) is 0 Å². The zero-order valence-corrected chi connectivity index (χ0v) is 32.4. The Morgan fingerprint density at radius 3 is 1.00 bits per heavy atom. The molecule has 328 valence electrons. The number of carbonyl (C=O) groups is 1. The van der Waals surface area contributed by atoms with Crippen molar-refractivity contribution in [2.24, 2.45) is 0 Å². The summed E-state index contributed by atoms with van der Waals surface area (Å²) in [5, 5.41) is 0. The van der Waals surface area contributed by atoms with Crippen molar-refractivity contribution in [2.75, 3.05) is 0 Å². The summed E-state index contributed by atoms with van der Waals surface area (Å²) in [7, 11) is 0. The van der Waals surface area contributed by atoms with Gasteiger partial charge in [0.25, 0.3) is 0 Å². The molecule has 0 radical (unpaired) electrons. The maximum Gasteiger partial charge on any atom is 0.416 e. The molecule has 3 aromatic heterocycles. The minimum Gasteiger partial charge on any atom is -0.402 e. The monoisotopic (exact) mass is 904 g/mol. The van der Waals surface area contributed by atoms with Crippen LogP contribution in [-0.4, -0.2) is 25.9 Å². The van der Waals surface area contributed by atoms with Gasteiger partial charge < -0.3 is 14.7 Å². The highest BCUT2D eigenvalue weighted by Crippen LogP contribution is 2.42. The summed E-state index contributed by atoms with van der Waals surface area (Å²) in [6.45, 7) is 0. The molecule has 0 unspecified atom stereocenters. The summed E-state index contributed by atoms with van der Waals surface area (Å²) in [5.41, 5.74) is -2.78. The molecule has 0 atom stereocenters. The zero-order valence-electron chi connectivity index (χ0n) is 32.4. The lowest BCUT2D eigenvalue weighted by atomic mass is 10.0. The van der Waals surface area contributed by atoms with Gasteiger partial charge in [0.15, 0.2) is 5.69 Å². The number of aromatic nitrogens is 4. The molecule has 65 heavy (non-hydrogen) atoms. The third-order valence-electron chi connectivity index (χ3n) is 10.7. The van der Waals surface area contributed by atoms with Crippen molar-refractivity contribution in [3.63, 3.8) is 0 Å². The van der Waals surface area contributed by atoms with E-state index in [1.807, 2.05) is 0 Å². The van der Waals surface area contributed by atoms with E-state index in [2.05, 4.69) is 15.0 Å². The second kappa shape index (κ2) is 15.3. The van der Waals surface area contributed by atoms with Crippen LogP contribution >= 0.6 is 0 Å². The Morgan fingerprint density at radius 2 is 0.662 bits per heavy atom. The van der Waals surface area contributed by atoms with Crippen LogP contribution in [0, 0.1) is 0 Å². The van der Waals surface area contributed by atoms with Gasteiger partial charge in [-0.15, -0.1) is 0 Å². The summed E-state index contributed by atoms with van der Waals surface area (Å²) in [6, 6.07) is 21.6. The molecular formula is C47H24F12N4O2. The Morgan fingerprint density at radius 1 is 0.369 bits per heavy atom. The van der Waals surface area contributed by atoms with Gasteiger partial charge in [-0.1, -0.05) is 48.5 Å². The number of hydrogen-bond donors (Lipinski definition) is 2. The van der Waals surface area contributed by atoms with Crippen molar-refractivity contribution in [2.45, 2.75) is 24.7 Å². The zero-order chi connectivity index (χ0) is 46.2. The number of nitrogens with one attached hydrogen (secondary N) is 2. The molecule has 9 rings (SSSR count). The Kier molecular flexibility index (Phi) is 10.0. The van der Waals surface area contributed by atoms with Crippen molar-refractivity contribution >= 4 is 40.2 Å². The van der Waals surface area contributed by atoms with Crippen molar-refractivity contribution < 1.29 is 62.2 Å². The quantitative estimate of drug-likeness (QED) is 0.136. The van der Waals surface area contributed by atoms with Crippen LogP contribution < -0.4 is 4.74 Å². The smallest absolute Gasteiger partial charge is 0.402 e. The first-order chi connectivity index (χ1) is 30.6. The van der Waals surface area contributed by atoms with E-state index < -0.39 is 64.5 Å². The first-order valence-electron chi connectivity index (χ1n) is 19.0. The maximum atomic E-state index is 14.0. The molecule has 0 spiro atoms. The lowest BCUT2D eigenvalue weighted by Crippen LogP contribution is -2.06. The molecule has 2 N–H and O–H groups in total. The third-order valence-corrected chi connectivity index (χ3v) is 10.7. The van der Waals surface area contributed by atoms with Gasteiger partial charge >= 0.3 is 30.7 Å². The van der Waals surface area contributed by atoms with Gasteiger partial charge in [0.2, 0.25) is 5.88 Å². The minimum atomic E-state index is -4.74. The number of esters is 1. The van der Waals surface area contributed by atoms with Gasteiger partial charge in [-0.05, 0) is 107 Å². The van der Waals surface area contributed by atoms with E-state index in [1.54, 1.807) is 0 Å². The van der Waals surface area contributed by atoms with Crippen LogP contribution in [0.1, 0.15) is 44.1 Å². The van der Waals surface area contributed by atoms with E-state index in [-0.39, 0.29) is 78.0 Å². The summed E-state index contributed by atoms with van der Waals surface area (Å²) in [5.74, 6) is -1.55. The molecule has 4 aromatic carbocycles. The second-order valence-electron chi connectivity index (χ2n) is 14.7. The van der Waals surface area contributed by atoms with E-state index in [0.717, 1.165) is 72.8 Å². The summed E-state index contributed by atoms with van der Waals surface area (Å²) in [4.78, 5) is 29.6. The highest BCUT2D eigenvalue weighted by Gasteiger charge is 2.34. The van der Waals surface area contributed by atoms with Crippen LogP contribution in [-0.2, 0) is 24.7 Å².